The standard InChI is InChI=1S/C26H31Cl2N3O4/c1-17(2)15-26(3,31-23(16-32)20-12-21(27)14-22(28)13-20)30-11-8-18-4-6-19(7-5-18)25(35)29-10-9-24(33)34/h4-7,12-14,16-17,30H,8-11,15H2,1-3H3,(H,29,35)(H,33,34)/b31-23+. The molecular formula is C26H31Cl2N3O4. The number of nitrogens with one attached hydrogen (secondary N) is 2. The Hall–Kier alpha value is -2.74. The minimum atomic E-state index is -0.960. The van der Waals surface area contributed by atoms with E-state index in [9.17, 15) is 14.4 Å². The zero-order valence-electron chi connectivity index (χ0n) is 20.1. The summed E-state index contributed by atoms with van der Waals surface area (Å²) in [5.41, 5.74) is 1.63. The Kier molecular flexibility index (Phi) is 10.9. The summed E-state index contributed by atoms with van der Waals surface area (Å²) in [6.07, 6.45) is 1.98. The van der Waals surface area contributed by atoms with Crippen molar-refractivity contribution in [1.29, 1.82) is 0 Å². The van der Waals surface area contributed by atoms with Crippen molar-refractivity contribution in [2.75, 3.05) is 13.1 Å². The second-order valence-electron chi connectivity index (χ2n) is 8.92. The van der Waals surface area contributed by atoms with E-state index in [1.165, 1.54) is 0 Å². The van der Waals surface area contributed by atoms with Crippen LogP contribution >= 0.6 is 23.2 Å². The number of amides is 1. The van der Waals surface area contributed by atoms with Crippen LogP contribution in [0.3, 0.4) is 0 Å². The van der Waals surface area contributed by atoms with Crippen LogP contribution in [0, 0.1) is 5.92 Å². The van der Waals surface area contributed by atoms with E-state index < -0.39 is 11.6 Å². The largest absolute Gasteiger partial charge is 0.481 e. The van der Waals surface area contributed by atoms with Gasteiger partial charge in [0.2, 0.25) is 0 Å². The summed E-state index contributed by atoms with van der Waals surface area (Å²) in [6.45, 7) is 6.81. The van der Waals surface area contributed by atoms with Crippen LogP contribution < -0.4 is 10.6 Å². The van der Waals surface area contributed by atoms with Crippen LogP contribution in [0.1, 0.15) is 55.1 Å². The van der Waals surface area contributed by atoms with E-state index >= 15 is 0 Å². The van der Waals surface area contributed by atoms with Crippen molar-refractivity contribution >= 4 is 47.1 Å². The fourth-order valence-corrected chi connectivity index (χ4v) is 4.29. The lowest BCUT2D eigenvalue weighted by Gasteiger charge is -2.29. The number of carbonyl (C=O) groups is 3. The zero-order chi connectivity index (χ0) is 26.0. The number of carboxylic acid groups (broad SMARTS) is 1. The maximum absolute atomic E-state index is 12.1. The van der Waals surface area contributed by atoms with E-state index in [1.807, 2.05) is 19.1 Å². The molecule has 2 rings (SSSR count). The number of halogens is 2. The van der Waals surface area contributed by atoms with Crippen molar-refractivity contribution in [2.24, 2.45) is 10.9 Å². The third-order valence-corrected chi connectivity index (χ3v) is 5.64. The topological polar surface area (TPSA) is 108 Å². The predicted molar refractivity (Wildman–Crippen MR) is 140 cm³/mol. The highest BCUT2D eigenvalue weighted by Gasteiger charge is 2.25. The van der Waals surface area contributed by atoms with Gasteiger partial charge in [-0.2, -0.15) is 0 Å². The van der Waals surface area contributed by atoms with Gasteiger partial charge in [-0.3, -0.25) is 24.7 Å². The van der Waals surface area contributed by atoms with Crippen LogP contribution in [0.15, 0.2) is 47.5 Å². The Labute approximate surface area is 215 Å². The number of rotatable bonds is 13. The number of carboxylic acids is 1. The van der Waals surface area contributed by atoms with Crippen molar-refractivity contribution < 1.29 is 19.5 Å². The van der Waals surface area contributed by atoms with E-state index in [1.54, 1.807) is 30.3 Å². The quantitative estimate of drug-likeness (QED) is 0.260. The van der Waals surface area contributed by atoms with E-state index in [2.05, 4.69) is 24.5 Å². The highest BCUT2D eigenvalue weighted by atomic mass is 35.5. The average Bonchev–Trinajstić information content (AvgIpc) is 2.76. The second kappa shape index (κ2) is 13.4. The van der Waals surface area contributed by atoms with Gasteiger partial charge in [0.1, 0.15) is 11.4 Å². The first kappa shape index (κ1) is 28.5. The summed E-state index contributed by atoms with van der Waals surface area (Å²) in [6, 6.07) is 12.1. The molecule has 2 aromatic carbocycles. The number of aliphatic carboxylic acids is 1. The first-order chi connectivity index (χ1) is 16.5. The van der Waals surface area contributed by atoms with Gasteiger partial charge in [0.15, 0.2) is 6.29 Å². The van der Waals surface area contributed by atoms with Crippen molar-refractivity contribution in [3.8, 4) is 0 Å². The van der Waals surface area contributed by atoms with Gasteiger partial charge in [0, 0.05) is 34.3 Å². The molecule has 0 radical (unpaired) electrons. The molecule has 0 fully saturated rings. The van der Waals surface area contributed by atoms with E-state index in [0.29, 0.717) is 52.8 Å². The van der Waals surface area contributed by atoms with E-state index in [0.717, 1.165) is 5.56 Å². The molecule has 0 aromatic heterocycles. The smallest absolute Gasteiger partial charge is 0.305 e. The van der Waals surface area contributed by atoms with Gasteiger partial charge in [0.05, 0.1) is 6.42 Å². The van der Waals surface area contributed by atoms with Gasteiger partial charge >= 0.3 is 5.97 Å². The zero-order valence-corrected chi connectivity index (χ0v) is 21.6. The van der Waals surface area contributed by atoms with Gasteiger partial charge in [-0.05, 0) is 61.6 Å². The van der Waals surface area contributed by atoms with Crippen LogP contribution in [-0.2, 0) is 16.0 Å². The summed E-state index contributed by atoms with van der Waals surface area (Å²) in [7, 11) is 0. The Balaban J connectivity index is 2.07. The Bertz CT molecular complexity index is 1050. The second-order valence-corrected chi connectivity index (χ2v) is 9.79. The molecule has 3 N–H and O–H groups in total. The number of hydrogen-bond acceptors (Lipinski definition) is 5. The molecule has 0 saturated carbocycles. The number of nitrogens with zero attached hydrogens (tertiary/aromatic N) is 1. The fraction of sp³-hybridized carbons (Fsp3) is 0.385. The fourth-order valence-electron chi connectivity index (χ4n) is 3.76. The molecule has 0 aliphatic heterocycles. The molecule has 0 bridgehead atoms. The minimum Gasteiger partial charge on any atom is -0.481 e. The van der Waals surface area contributed by atoms with Crippen molar-refractivity contribution in [1.82, 2.24) is 10.6 Å². The molecule has 7 nitrogen and oxygen atoms in total. The molecule has 0 saturated heterocycles. The van der Waals surface area contributed by atoms with Gasteiger partial charge in [-0.25, -0.2) is 0 Å². The molecule has 1 unspecified atom stereocenters. The van der Waals surface area contributed by atoms with Gasteiger partial charge in [-0.1, -0.05) is 49.2 Å². The average molecular weight is 520 g/mol. The van der Waals surface area contributed by atoms with E-state index in [-0.39, 0.29) is 24.6 Å². The van der Waals surface area contributed by atoms with Gasteiger partial charge < -0.3 is 10.4 Å². The number of benzene rings is 2. The lowest BCUT2D eigenvalue weighted by Crippen LogP contribution is -2.43. The van der Waals surface area contributed by atoms with E-state index in [4.69, 9.17) is 33.3 Å². The number of aliphatic imine (C=N–C) groups is 1. The summed E-state index contributed by atoms with van der Waals surface area (Å²) >= 11 is 12.2. The molecule has 0 heterocycles. The SMILES string of the molecule is CC(C)CC(C)(/N=C(\C=O)c1cc(Cl)cc(Cl)c1)NCCc1ccc(C(=O)NCCC(=O)O)cc1. The lowest BCUT2D eigenvalue weighted by molar-refractivity contribution is -0.136. The van der Waals surface area contributed by atoms with Crippen LogP contribution in [-0.4, -0.2) is 47.7 Å². The van der Waals surface area contributed by atoms with Crippen molar-refractivity contribution in [3.63, 3.8) is 0 Å². The molecule has 2 aromatic rings. The molecule has 0 aliphatic carbocycles. The highest BCUT2D eigenvalue weighted by Crippen LogP contribution is 2.23. The highest BCUT2D eigenvalue weighted by molar-refractivity contribution is 6.39. The molecule has 9 heteroatoms. The van der Waals surface area contributed by atoms with Gasteiger partial charge in [-0.15, -0.1) is 0 Å². The maximum atomic E-state index is 12.1. The predicted octanol–water partition coefficient (Wildman–Crippen LogP) is 4.78. The van der Waals surface area contributed by atoms with Crippen molar-refractivity contribution in [3.05, 3.63) is 69.2 Å². The molecule has 0 spiro atoms. The maximum Gasteiger partial charge on any atom is 0.305 e. The monoisotopic (exact) mass is 519 g/mol. The molecule has 1 amide bonds. The Morgan fingerprint density at radius 1 is 1.06 bits per heavy atom. The third kappa shape index (κ3) is 9.80. The number of hydrogen-bond donors (Lipinski definition) is 3. The summed E-state index contributed by atoms with van der Waals surface area (Å²) in [5.74, 6) is -0.943. The molecule has 35 heavy (non-hydrogen) atoms. The van der Waals surface area contributed by atoms with Crippen LogP contribution in [0.4, 0.5) is 0 Å². The Morgan fingerprint density at radius 3 is 2.23 bits per heavy atom. The van der Waals surface area contributed by atoms with Crippen molar-refractivity contribution in [2.45, 2.75) is 45.7 Å². The van der Waals surface area contributed by atoms with Crippen LogP contribution in [0.25, 0.3) is 0 Å². The number of carbonyl (C=O) groups excluding carboxylic acids is 2. The number of aldehydes is 1. The normalized spacial score (nSPS) is 13.4. The molecule has 0 aliphatic rings. The third-order valence-electron chi connectivity index (χ3n) is 5.20. The first-order valence-corrected chi connectivity index (χ1v) is 12.1. The molecule has 1 atom stereocenters. The summed E-state index contributed by atoms with van der Waals surface area (Å²) in [5, 5.41) is 15.6. The van der Waals surface area contributed by atoms with Gasteiger partial charge in [0.25, 0.3) is 5.91 Å². The first-order valence-electron chi connectivity index (χ1n) is 11.4. The lowest BCUT2D eigenvalue weighted by atomic mass is 9.98. The van der Waals surface area contributed by atoms with Crippen LogP contribution in [0.5, 0.6) is 0 Å². The molecular weight excluding hydrogens is 489 g/mol. The van der Waals surface area contributed by atoms with Crippen LogP contribution in [0.2, 0.25) is 10.0 Å². The molecule has 188 valence electrons. The summed E-state index contributed by atoms with van der Waals surface area (Å²) < 4.78 is 0. The summed E-state index contributed by atoms with van der Waals surface area (Å²) in [4.78, 5) is 39.3. The minimum absolute atomic E-state index is 0.0823. The Morgan fingerprint density at radius 2 is 1.69 bits per heavy atom.